The largest absolute Gasteiger partial charge is 0.460 e. The molecule has 24 heavy (non-hydrogen) atoms. The minimum absolute atomic E-state index is 0.0516. The Morgan fingerprint density at radius 3 is 2.88 bits per heavy atom. The molecule has 0 aliphatic rings. The summed E-state index contributed by atoms with van der Waals surface area (Å²) < 4.78 is 11.5. The van der Waals surface area contributed by atoms with Crippen LogP contribution in [0.2, 0.25) is 0 Å². The highest BCUT2D eigenvalue weighted by Gasteiger charge is 2.13. The molecule has 0 spiro atoms. The topological polar surface area (TPSA) is 64.1 Å². The van der Waals surface area contributed by atoms with E-state index >= 15 is 0 Å². The van der Waals surface area contributed by atoms with Crippen molar-refractivity contribution in [1.29, 1.82) is 0 Å². The molecule has 0 aliphatic heterocycles. The van der Waals surface area contributed by atoms with Gasteiger partial charge in [-0.05, 0) is 42.7 Å². The van der Waals surface area contributed by atoms with Gasteiger partial charge in [0.2, 0.25) is 0 Å². The van der Waals surface area contributed by atoms with Gasteiger partial charge >= 0.3 is 0 Å². The van der Waals surface area contributed by atoms with Gasteiger partial charge in [0.05, 0.1) is 16.9 Å². The van der Waals surface area contributed by atoms with Crippen LogP contribution in [0.15, 0.2) is 59.0 Å². The molecule has 0 radical (unpaired) electrons. The zero-order chi connectivity index (χ0) is 16.4. The molecule has 4 rings (SSSR count). The lowest BCUT2D eigenvalue weighted by atomic mass is 10.1. The Hall–Kier alpha value is -2.21. The van der Waals surface area contributed by atoms with E-state index in [-0.39, 0.29) is 6.04 Å². The van der Waals surface area contributed by atoms with E-state index in [0.29, 0.717) is 6.54 Å². The molecule has 0 bridgehead atoms. The van der Waals surface area contributed by atoms with E-state index < -0.39 is 0 Å². The van der Waals surface area contributed by atoms with E-state index in [1.165, 1.54) is 21.6 Å². The van der Waals surface area contributed by atoms with Crippen molar-refractivity contribution >= 4 is 32.6 Å². The van der Waals surface area contributed by atoms with Crippen molar-refractivity contribution in [1.82, 2.24) is 9.69 Å². The first-order valence-corrected chi connectivity index (χ1v) is 8.86. The van der Waals surface area contributed by atoms with Crippen LogP contribution < -0.4 is 11.1 Å². The summed E-state index contributed by atoms with van der Waals surface area (Å²) in [5.74, 6) is 0.948. The number of para-hydroxylation sites is 1. The lowest BCUT2D eigenvalue weighted by Crippen LogP contribution is -2.21. The molecule has 0 saturated carbocycles. The van der Waals surface area contributed by atoms with Gasteiger partial charge in [0.25, 0.3) is 0 Å². The molecule has 0 saturated heterocycles. The Morgan fingerprint density at radius 2 is 1.96 bits per heavy atom. The van der Waals surface area contributed by atoms with E-state index in [1.54, 1.807) is 0 Å². The summed E-state index contributed by atoms with van der Waals surface area (Å²) in [6.07, 6.45) is 0.841. The van der Waals surface area contributed by atoms with Crippen molar-refractivity contribution in [3.63, 3.8) is 0 Å². The Labute approximate surface area is 144 Å². The molecule has 1 unspecified atom stereocenters. The zero-order valence-electron chi connectivity index (χ0n) is 13.2. The zero-order valence-corrected chi connectivity index (χ0v) is 14.1. The van der Waals surface area contributed by atoms with E-state index in [9.17, 15) is 0 Å². The highest BCUT2D eigenvalue weighted by molar-refractivity contribution is 7.13. The average molecular weight is 337 g/mol. The Morgan fingerprint density at radius 1 is 1.12 bits per heavy atom. The summed E-state index contributed by atoms with van der Waals surface area (Å²) in [7, 11) is 0. The third-order valence-corrected chi connectivity index (χ3v) is 5.01. The van der Waals surface area contributed by atoms with Gasteiger partial charge in [-0.3, -0.25) is 0 Å². The predicted octanol–water partition coefficient (Wildman–Crippen LogP) is 4.22. The van der Waals surface area contributed by atoms with Gasteiger partial charge in [0.15, 0.2) is 0 Å². The number of hydrogen-bond acceptors (Lipinski definition) is 5. The first kappa shape index (κ1) is 15.3. The van der Waals surface area contributed by atoms with Gasteiger partial charge in [0, 0.05) is 16.8 Å². The highest BCUT2D eigenvalue weighted by Crippen LogP contribution is 2.27. The molecular weight excluding hydrogens is 318 g/mol. The van der Waals surface area contributed by atoms with Crippen LogP contribution >= 0.6 is 11.5 Å². The fourth-order valence-corrected chi connectivity index (χ4v) is 3.74. The summed E-state index contributed by atoms with van der Waals surface area (Å²) in [6.45, 7) is 1.53. The molecule has 0 aliphatic carbocycles. The number of aromatic nitrogens is 1. The van der Waals surface area contributed by atoms with Crippen LogP contribution in [0.5, 0.6) is 0 Å². The molecule has 4 nitrogen and oxygen atoms in total. The second kappa shape index (κ2) is 6.73. The number of nitrogens with two attached hydrogens (primary N) is 1. The van der Waals surface area contributed by atoms with Gasteiger partial charge in [0.1, 0.15) is 11.3 Å². The molecule has 2 aromatic heterocycles. The van der Waals surface area contributed by atoms with Crippen molar-refractivity contribution < 1.29 is 4.42 Å². The number of furan rings is 1. The third-order valence-electron chi connectivity index (χ3n) is 4.16. The van der Waals surface area contributed by atoms with E-state index in [2.05, 4.69) is 34.0 Å². The van der Waals surface area contributed by atoms with E-state index in [0.717, 1.165) is 35.4 Å². The van der Waals surface area contributed by atoms with Gasteiger partial charge in [-0.15, -0.1) is 0 Å². The molecule has 4 aromatic rings. The standard InChI is InChI=1S/C19H19N3OS/c20-16(19-15-6-2-4-8-18(15)24-22-19)9-10-21-12-14-11-13-5-1-3-7-17(13)23-14/h1-8,11,16,21H,9-10,12,20H2. The fraction of sp³-hybridized carbons (Fsp3) is 0.211. The maximum atomic E-state index is 6.33. The number of nitrogens with one attached hydrogen (secondary N) is 1. The van der Waals surface area contributed by atoms with Crippen LogP contribution in [0, 0.1) is 0 Å². The average Bonchev–Trinajstić information content (AvgIpc) is 3.22. The van der Waals surface area contributed by atoms with E-state index in [4.69, 9.17) is 10.2 Å². The number of benzene rings is 2. The lowest BCUT2D eigenvalue weighted by molar-refractivity contribution is 0.498. The molecule has 0 fully saturated rings. The quantitative estimate of drug-likeness (QED) is 0.517. The Bertz CT molecular complexity index is 926. The van der Waals surface area contributed by atoms with Crippen molar-refractivity contribution in [3.8, 4) is 0 Å². The van der Waals surface area contributed by atoms with Crippen molar-refractivity contribution in [3.05, 3.63) is 66.1 Å². The summed E-state index contributed by atoms with van der Waals surface area (Å²) in [5, 5.41) is 5.72. The van der Waals surface area contributed by atoms with Crippen LogP contribution in [-0.4, -0.2) is 10.9 Å². The molecule has 122 valence electrons. The summed E-state index contributed by atoms with van der Waals surface area (Å²) in [6, 6.07) is 18.3. The predicted molar refractivity (Wildman–Crippen MR) is 99.1 cm³/mol. The number of nitrogens with zero attached hydrogens (tertiary/aromatic N) is 1. The van der Waals surface area contributed by atoms with Crippen LogP contribution in [0.4, 0.5) is 0 Å². The van der Waals surface area contributed by atoms with Gasteiger partial charge < -0.3 is 15.5 Å². The Balaban J connectivity index is 1.33. The smallest absolute Gasteiger partial charge is 0.134 e. The second-order valence-electron chi connectivity index (χ2n) is 5.89. The summed E-state index contributed by atoms with van der Waals surface area (Å²) in [5.41, 5.74) is 8.26. The van der Waals surface area contributed by atoms with Crippen LogP contribution in [0.3, 0.4) is 0 Å². The molecule has 2 heterocycles. The third kappa shape index (κ3) is 3.06. The maximum absolute atomic E-state index is 6.33. The first-order valence-electron chi connectivity index (χ1n) is 8.09. The molecule has 2 aromatic carbocycles. The minimum Gasteiger partial charge on any atom is -0.460 e. The van der Waals surface area contributed by atoms with Gasteiger partial charge in [-0.2, -0.15) is 4.37 Å². The summed E-state index contributed by atoms with van der Waals surface area (Å²) in [4.78, 5) is 0. The molecule has 0 amide bonds. The molecule has 3 N–H and O–H groups in total. The van der Waals surface area contributed by atoms with Gasteiger partial charge in [-0.1, -0.05) is 36.4 Å². The SMILES string of the molecule is NC(CCNCc1cc2ccccc2o1)c1nsc2ccccc12. The van der Waals surface area contributed by atoms with E-state index in [1.807, 2.05) is 30.3 Å². The van der Waals surface area contributed by atoms with Gasteiger partial charge in [-0.25, -0.2) is 0 Å². The lowest BCUT2D eigenvalue weighted by Gasteiger charge is -2.10. The molecule has 5 heteroatoms. The van der Waals surface area contributed by atoms with Crippen molar-refractivity contribution in [2.45, 2.75) is 19.0 Å². The maximum Gasteiger partial charge on any atom is 0.134 e. The Kier molecular flexibility index (Phi) is 4.30. The number of hydrogen-bond donors (Lipinski definition) is 2. The second-order valence-corrected chi connectivity index (χ2v) is 6.69. The highest BCUT2D eigenvalue weighted by atomic mass is 32.1. The number of rotatable bonds is 6. The van der Waals surface area contributed by atoms with Crippen LogP contribution in [-0.2, 0) is 6.54 Å². The minimum atomic E-state index is -0.0516. The van der Waals surface area contributed by atoms with Crippen LogP contribution in [0.1, 0.15) is 23.9 Å². The van der Waals surface area contributed by atoms with Crippen molar-refractivity contribution in [2.24, 2.45) is 5.73 Å². The first-order chi connectivity index (χ1) is 11.8. The van der Waals surface area contributed by atoms with Crippen LogP contribution in [0.25, 0.3) is 21.1 Å². The summed E-state index contributed by atoms with van der Waals surface area (Å²) >= 11 is 1.52. The molecular formula is C19H19N3OS. The normalized spacial score (nSPS) is 12.9. The fourth-order valence-electron chi connectivity index (χ4n) is 2.90. The monoisotopic (exact) mass is 337 g/mol. The number of fused-ring (bicyclic) bond motifs is 2. The molecule has 1 atom stereocenters. The van der Waals surface area contributed by atoms with Crippen molar-refractivity contribution in [2.75, 3.05) is 6.54 Å².